The summed E-state index contributed by atoms with van der Waals surface area (Å²) in [4.78, 5) is 40.1. The zero-order chi connectivity index (χ0) is 21.8. The third-order valence-corrected chi connectivity index (χ3v) is 4.83. The zero-order valence-corrected chi connectivity index (χ0v) is 17.3. The van der Waals surface area contributed by atoms with Crippen molar-refractivity contribution in [2.75, 3.05) is 17.7 Å². The molecule has 0 aliphatic heterocycles. The highest BCUT2D eigenvalue weighted by atomic mass is 16.5. The summed E-state index contributed by atoms with van der Waals surface area (Å²) < 4.78 is 4.79. The molecule has 0 saturated heterocycles. The lowest BCUT2D eigenvalue weighted by Crippen LogP contribution is -2.16. The number of hydrogen-bond acceptors (Lipinski definition) is 4. The SMILES string of the molecule is COC(=O)c1c(C)[nH]c(C(=O)Nc2cc(NC(=O)c3ccccc3)ccc2C)c1C. The lowest BCUT2D eigenvalue weighted by Gasteiger charge is -2.12. The Kier molecular flexibility index (Phi) is 6.01. The van der Waals surface area contributed by atoms with Crippen molar-refractivity contribution in [1.29, 1.82) is 0 Å². The van der Waals surface area contributed by atoms with Crippen LogP contribution >= 0.6 is 0 Å². The van der Waals surface area contributed by atoms with Gasteiger partial charge >= 0.3 is 5.97 Å². The molecule has 1 aromatic heterocycles. The van der Waals surface area contributed by atoms with Gasteiger partial charge in [0.05, 0.1) is 12.7 Å². The van der Waals surface area contributed by atoms with E-state index >= 15 is 0 Å². The number of aryl methyl sites for hydroxylation is 2. The molecule has 30 heavy (non-hydrogen) atoms. The Balaban J connectivity index is 1.82. The Bertz CT molecular complexity index is 1120. The molecule has 7 nitrogen and oxygen atoms in total. The Morgan fingerprint density at radius 1 is 0.900 bits per heavy atom. The topological polar surface area (TPSA) is 100 Å². The number of amides is 2. The van der Waals surface area contributed by atoms with Crippen LogP contribution in [0.2, 0.25) is 0 Å². The summed E-state index contributed by atoms with van der Waals surface area (Å²) in [5.74, 6) is -1.13. The highest BCUT2D eigenvalue weighted by molar-refractivity contribution is 6.08. The summed E-state index contributed by atoms with van der Waals surface area (Å²) in [6, 6.07) is 14.1. The van der Waals surface area contributed by atoms with Crippen LogP contribution in [0.3, 0.4) is 0 Å². The normalized spacial score (nSPS) is 10.4. The number of aromatic amines is 1. The number of methoxy groups -OCH3 is 1. The highest BCUT2D eigenvalue weighted by Gasteiger charge is 2.23. The van der Waals surface area contributed by atoms with Gasteiger partial charge in [-0.1, -0.05) is 24.3 Å². The van der Waals surface area contributed by atoms with E-state index in [1.807, 2.05) is 19.1 Å². The summed E-state index contributed by atoms with van der Waals surface area (Å²) in [6.45, 7) is 5.25. The minimum atomic E-state index is -0.498. The summed E-state index contributed by atoms with van der Waals surface area (Å²) >= 11 is 0. The van der Waals surface area contributed by atoms with Crippen LogP contribution in [0.5, 0.6) is 0 Å². The molecule has 0 atom stereocenters. The maximum atomic E-state index is 12.8. The molecule has 0 unspecified atom stereocenters. The van der Waals surface area contributed by atoms with Crippen LogP contribution in [-0.4, -0.2) is 29.9 Å². The molecule has 0 aliphatic rings. The maximum absolute atomic E-state index is 12.8. The molecule has 0 bridgehead atoms. The van der Waals surface area contributed by atoms with Crippen LogP contribution in [0.25, 0.3) is 0 Å². The third-order valence-electron chi connectivity index (χ3n) is 4.83. The van der Waals surface area contributed by atoms with E-state index in [-0.39, 0.29) is 17.5 Å². The quantitative estimate of drug-likeness (QED) is 0.553. The standard InChI is InChI=1S/C23H23N3O4/c1-13-10-11-17(25-21(27)16-8-6-5-7-9-16)12-18(13)26-22(28)20-14(2)19(15(3)24-20)23(29)30-4/h5-12,24H,1-4H3,(H,25,27)(H,26,28). The Hall–Kier alpha value is -3.87. The first-order valence-corrected chi connectivity index (χ1v) is 9.37. The first-order chi connectivity index (χ1) is 14.3. The average Bonchev–Trinajstić information content (AvgIpc) is 3.04. The Morgan fingerprint density at radius 3 is 2.27 bits per heavy atom. The predicted octanol–water partition coefficient (Wildman–Crippen LogP) is 4.23. The number of H-pyrrole nitrogens is 1. The summed E-state index contributed by atoms with van der Waals surface area (Å²) in [7, 11) is 1.30. The minimum absolute atomic E-state index is 0.240. The van der Waals surface area contributed by atoms with Gasteiger partial charge in [-0.25, -0.2) is 4.79 Å². The number of esters is 1. The van der Waals surface area contributed by atoms with Crippen molar-refractivity contribution in [2.45, 2.75) is 20.8 Å². The Morgan fingerprint density at radius 2 is 1.60 bits per heavy atom. The van der Waals surface area contributed by atoms with Gasteiger partial charge in [0, 0.05) is 22.6 Å². The number of hydrogen-bond donors (Lipinski definition) is 3. The largest absolute Gasteiger partial charge is 0.465 e. The van der Waals surface area contributed by atoms with Crippen molar-refractivity contribution in [1.82, 2.24) is 4.98 Å². The van der Waals surface area contributed by atoms with Gasteiger partial charge in [0.1, 0.15) is 5.69 Å². The third kappa shape index (κ3) is 4.25. The number of benzene rings is 2. The van der Waals surface area contributed by atoms with Gasteiger partial charge in [-0.15, -0.1) is 0 Å². The molecular weight excluding hydrogens is 382 g/mol. The summed E-state index contributed by atoms with van der Waals surface area (Å²) in [5.41, 5.74) is 4.19. The molecular formula is C23H23N3O4. The van der Waals surface area contributed by atoms with E-state index in [1.165, 1.54) is 7.11 Å². The van der Waals surface area contributed by atoms with Gasteiger partial charge in [-0.3, -0.25) is 9.59 Å². The van der Waals surface area contributed by atoms with Gasteiger partial charge in [0.15, 0.2) is 0 Å². The van der Waals surface area contributed by atoms with Crippen molar-refractivity contribution >= 4 is 29.2 Å². The first-order valence-electron chi connectivity index (χ1n) is 9.37. The number of nitrogens with one attached hydrogen (secondary N) is 3. The smallest absolute Gasteiger partial charge is 0.339 e. The molecule has 2 amide bonds. The van der Waals surface area contributed by atoms with Gasteiger partial charge < -0.3 is 20.4 Å². The number of ether oxygens (including phenoxy) is 1. The summed E-state index contributed by atoms with van der Waals surface area (Å²) in [5, 5.41) is 5.67. The van der Waals surface area contributed by atoms with Crippen molar-refractivity contribution in [2.24, 2.45) is 0 Å². The van der Waals surface area contributed by atoms with Crippen molar-refractivity contribution in [3.63, 3.8) is 0 Å². The molecule has 3 aromatic rings. The second-order valence-electron chi connectivity index (χ2n) is 6.92. The Labute approximate surface area is 174 Å². The number of rotatable bonds is 5. The van der Waals surface area contributed by atoms with Crippen molar-refractivity contribution in [3.8, 4) is 0 Å². The number of anilines is 2. The molecule has 0 aliphatic carbocycles. The molecule has 7 heteroatoms. The van der Waals surface area contributed by atoms with Gasteiger partial charge in [-0.05, 0) is 56.2 Å². The lowest BCUT2D eigenvalue weighted by molar-refractivity contribution is 0.0599. The van der Waals surface area contributed by atoms with Crippen LogP contribution in [0.15, 0.2) is 48.5 Å². The van der Waals surface area contributed by atoms with Gasteiger partial charge in [0.2, 0.25) is 0 Å². The molecule has 154 valence electrons. The number of aromatic nitrogens is 1. The van der Waals surface area contributed by atoms with E-state index in [0.29, 0.717) is 33.8 Å². The van der Waals surface area contributed by atoms with Crippen molar-refractivity contribution in [3.05, 3.63) is 82.2 Å². The predicted molar refractivity (Wildman–Crippen MR) is 115 cm³/mol. The fourth-order valence-electron chi connectivity index (χ4n) is 3.20. The minimum Gasteiger partial charge on any atom is -0.465 e. The van der Waals surface area contributed by atoms with Crippen LogP contribution in [0.4, 0.5) is 11.4 Å². The highest BCUT2D eigenvalue weighted by Crippen LogP contribution is 2.24. The van der Waals surface area contributed by atoms with E-state index in [2.05, 4.69) is 15.6 Å². The van der Waals surface area contributed by atoms with Gasteiger partial charge in [-0.2, -0.15) is 0 Å². The number of carbonyl (C=O) groups is 3. The maximum Gasteiger partial charge on any atom is 0.339 e. The second-order valence-corrected chi connectivity index (χ2v) is 6.92. The summed E-state index contributed by atoms with van der Waals surface area (Å²) in [6.07, 6.45) is 0. The van der Waals surface area contributed by atoms with Crippen LogP contribution in [0.1, 0.15) is 48.0 Å². The molecule has 0 spiro atoms. The monoisotopic (exact) mass is 405 g/mol. The van der Waals surface area contributed by atoms with E-state index in [9.17, 15) is 14.4 Å². The van der Waals surface area contributed by atoms with E-state index in [0.717, 1.165) is 5.56 Å². The van der Waals surface area contributed by atoms with Gasteiger partial charge in [0.25, 0.3) is 11.8 Å². The molecule has 0 fully saturated rings. The van der Waals surface area contributed by atoms with Crippen molar-refractivity contribution < 1.29 is 19.1 Å². The van der Waals surface area contributed by atoms with Crippen LogP contribution < -0.4 is 10.6 Å². The van der Waals surface area contributed by atoms with Crippen LogP contribution in [0, 0.1) is 20.8 Å². The van der Waals surface area contributed by atoms with Crippen LogP contribution in [-0.2, 0) is 4.74 Å². The zero-order valence-electron chi connectivity index (χ0n) is 17.3. The lowest BCUT2D eigenvalue weighted by atomic mass is 10.1. The molecule has 1 heterocycles. The number of carbonyl (C=O) groups excluding carboxylic acids is 3. The van der Waals surface area contributed by atoms with E-state index < -0.39 is 5.97 Å². The molecule has 3 rings (SSSR count). The molecule has 0 radical (unpaired) electrons. The first kappa shape index (κ1) is 20.9. The average molecular weight is 405 g/mol. The van der Waals surface area contributed by atoms with E-state index in [4.69, 9.17) is 4.74 Å². The molecule has 3 N–H and O–H groups in total. The fourth-order valence-corrected chi connectivity index (χ4v) is 3.20. The second kappa shape index (κ2) is 8.65. The van der Waals surface area contributed by atoms with E-state index in [1.54, 1.807) is 50.2 Å². The fraction of sp³-hybridized carbons (Fsp3) is 0.174. The molecule has 0 saturated carbocycles. The molecule has 2 aromatic carbocycles.